The third-order valence-corrected chi connectivity index (χ3v) is 4.59. The lowest BCUT2D eigenvalue weighted by molar-refractivity contribution is -0.111. The Bertz CT molecular complexity index is 924. The van der Waals surface area contributed by atoms with Gasteiger partial charge in [0.1, 0.15) is 0 Å². The average Bonchev–Trinajstić information content (AvgIpc) is 2.68. The van der Waals surface area contributed by atoms with Crippen LogP contribution in [0, 0.1) is 5.92 Å². The van der Waals surface area contributed by atoms with Gasteiger partial charge in [-0.05, 0) is 56.0 Å². The molecule has 0 saturated heterocycles. The van der Waals surface area contributed by atoms with Crippen LogP contribution in [0.4, 0.5) is 17.1 Å². The molecule has 30 heavy (non-hydrogen) atoms. The topological polar surface area (TPSA) is 44.4 Å². The largest absolute Gasteiger partial charge is 0.378 e. The number of rotatable bonds is 9. The minimum atomic E-state index is -0.161. The summed E-state index contributed by atoms with van der Waals surface area (Å²) in [5.41, 5.74) is 5.94. The number of allylic oxidation sites excluding steroid dienone is 4. The van der Waals surface area contributed by atoms with Gasteiger partial charge in [0.25, 0.3) is 0 Å². The first-order valence-electron chi connectivity index (χ1n) is 10.2. The van der Waals surface area contributed by atoms with Gasteiger partial charge in [0.15, 0.2) is 0 Å². The molecule has 0 radical (unpaired) electrons. The van der Waals surface area contributed by atoms with Gasteiger partial charge < -0.3 is 15.5 Å². The van der Waals surface area contributed by atoms with E-state index >= 15 is 0 Å². The van der Waals surface area contributed by atoms with Crippen molar-refractivity contribution in [1.82, 2.24) is 0 Å². The molecule has 0 aliphatic carbocycles. The average molecular weight is 404 g/mol. The van der Waals surface area contributed by atoms with Gasteiger partial charge in [-0.25, -0.2) is 0 Å². The lowest BCUT2D eigenvalue weighted by Crippen LogP contribution is -2.10. The van der Waals surface area contributed by atoms with Crippen molar-refractivity contribution in [3.8, 4) is 0 Å². The molecule has 2 aromatic rings. The maximum atomic E-state index is 12.3. The molecule has 2 N–H and O–H groups in total. The summed E-state index contributed by atoms with van der Waals surface area (Å²) in [6.45, 7) is 9.94. The predicted octanol–water partition coefficient (Wildman–Crippen LogP) is 6.02. The number of carbonyl (C=O) groups is 1. The van der Waals surface area contributed by atoms with Crippen LogP contribution in [-0.4, -0.2) is 20.0 Å². The second-order valence-electron chi connectivity index (χ2n) is 7.93. The van der Waals surface area contributed by atoms with Crippen LogP contribution < -0.4 is 15.5 Å². The summed E-state index contributed by atoms with van der Waals surface area (Å²) in [5.74, 6) is 0.217. The molecule has 158 valence electrons. The molecule has 4 heteroatoms. The zero-order valence-electron chi connectivity index (χ0n) is 18.7. The summed E-state index contributed by atoms with van der Waals surface area (Å²) in [4.78, 5) is 14.4. The maximum absolute atomic E-state index is 12.3. The molecule has 4 nitrogen and oxygen atoms in total. The Balaban J connectivity index is 1.94. The van der Waals surface area contributed by atoms with Gasteiger partial charge in [-0.15, -0.1) is 0 Å². The SMILES string of the molecule is C=C(C)Nc1ccccc1NC(=O)/C=C/C(C)=C/C(C)Cc1ccc(N(C)C)cc1. The van der Waals surface area contributed by atoms with Crippen molar-refractivity contribution in [3.63, 3.8) is 0 Å². The van der Waals surface area contributed by atoms with Crippen molar-refractivity contribution in [1.29, 1.82) is 0 Å². The molecule has 0 heterocycles. The zero-order valence-corrected chi connectivity index (χ0v) is 18.7. The van der Waals surface area contributed by atoms with E-state index in [0.29, 0.717) is 5.92 Å². The number of carbonyl (C=O) groups excluding carboxylic acids is 1. The molecule has 1 unspecified atom stereocenters. The van der Waals surface area contributed by atoms with Crippen LogP contribution in [0.5, 0.6) is 0 Å². The predicted molar refractivity (Wildman–Crippen MR) is 130 cm³/mol. The molecule has 0 aliphatic heterocycles. The van der Waals surface area contributed by atoms with Crippen molar-refractivity contribution in [2.24, 2.45) is 5.92 Å². The minimum Gasteiger partial charge on any atom is -0.378 e. The van der Waals surface area contributed by atoms with Crippen LogP contribution >= 0.6 is 0 Å². The van der Waals surface area contributed by atoms with Gasteiger partial charge in [0.05, 0.1) is 11.4 Å². The quantitative estimate of drug-likeness (QED) is 0.398. The highest BCUT2D eigenvalue weighted by molar-refractivity contribution is 6.01. The Morgan fingerprint density at radius 3 is 2.17 bits per heavy atom. The van der Waals surface area contributed by atoms with Crippen molar-refractivity contribution in [2.75, 3.05) is 29.6 Å². The molecule has 0 fully saturated rings. The summed E-state index contributed by atoms with van der Waals surface area (Å²) in [7, 11) is 4.09. The van der Waals surface area contributed by atoms with Gasteiger partial charge >= 0.3 is 0 Å². The van der Waals surface area contributed by atoms with Crippen LogP contribution in [0.2, 0.25) is 0 Å². The Labute approximate surface area is 181 Å². The Morgan fingerprint density at radius 1 is 1.00 bits per heavy atom. The van der Waals surface area contributed by atoms with Crippen LogP contribution in [0.15, 0.2) is 84.6 Å². The Morgan fingerprint density at radius 2 is 1.60 bits per heavy atom. The highest BCUT2D eigenvalue weighted by Gasteiger charge is 2.05. The molecule has 0 aliphatic rings. The Kier molecular flexibility index (Phi) is 8.48. The first-order valence-corrected chi connectivity index (χ1v) is 10.2. The molecule has 0 bridgehead atoms. The van der Waals surface area contributed by atoms with Gasteiger partial charge in [-0.2, -0.15) is 0 Å². The van der Waals surface area contributed by atoms with Gasteiger partial charge in [-0.3, -0.25) is 4.79 Å². The summed E-state index contributed by atoms with van der Waals surface area (Å²) >= 11 is 0. The molecule has 0 spiro atoms. The first-order chi connectivity index (χ1) is 14.2. The number of para-hydroxylation sites is 2. The van der Waals surface area contributed by atoms with E-state index in [0.717, 1.165) is 29.1 Å². The van der Waals surface area contributed by atoms with Gasteiger partial charge in [-0.1, -0.05) is 55.5 Å². The third kappa shape index (κ3) is 7.63. The second-order valence-corrected chi connectivity index (χ2v) is 7.93. The van der Waals surface area contributed by atoms with E-state index in [2.05, 4.69) is 59.4 Å². The molecular weight excluding hydrogens is 370 g/mol. The smallest absolute Gasteiger partial charge is 0.248 e. The molecule has 2 rings (SSSR count). The number of nitrogens with one attached hydrogen (secondary N) is 2. The number of hydrogen-bond donors (Lipinski definition) is 2. The summed E-state index contributed by atoms with van der Waals surface area (Å²) in [6, 6.07) is 16.2. The monoisotopic (exact) mass is 403 g/mol. The van der Waals surface area contributed by atoms with Crippen molar-refractivity contribution < 1.29 is 4.79 Å². The molecule has 1 amide bonds. The zero-order chi connectivity index (χ0) is 22.1. The van der Waals surface area contributed by atoms with E-state index in [1.165, 1.54) is 11.3 Å². The van der Waals surface area contributed by atoms with Crippen LogP contribution in [0.25, 0.3) is 0 Å². The van der Waals surface area contributed by atoms with E-state index in [1.54, 1.807) is 6.08 Å². The van der Waals surface area contributed by atoms with E-state index in [9.17, 15) is 4.79 Å². The molecule has 1 atom stereocenters. The molecular formula is C26H33N3O. The lowest BCUT2D eigenvalue weighted by Gasteiger charge is -2.13. The summed E-state index contributed by atoms with van der Waals surface area (Å²) in [5, 5.41) is 6.07. The fourth-order valence-electron chi connectivity index (χ4n) is 3.18. The molecule has 0 saturated carbocycles. The van der Waals surface area contributed by atoms with E-state index in [-0.39, 0.29) is 5.91 Å². The fourth-order valence-corrected chi connectivity index (χ4v) is 3.18. The number of benzene rings is 2. The Hall–Kier alpha value is -3.27. The van der Waals surface area contributed by atoms with Gasteiger partial charge in [0.2, 0.25) is 5.91 Å². The van der Waals surface area contributed by atoms with Crippen LogP contribution in [-0.2, 0) is 11.2 Å². The number of amides is 1. The first kappa shape index (κ1) is 23.0. The molecule has 0 aromatic heterocycles. The highest BCUT2D eigenvalue weighted by Crippen LogP contribution is 2.22. The van der Waals surface area contributed by atoms with Crippen LogP contribution in [0.1, 0.15) is 26.3 Å². The van der Waals surface area contributed by atoms with Crippen molar-refractivity contribution in [3.05, 3.63) is 90.2 Å². The number of anilines is 3. The van der Waals surface area contributed by atoms with E-state index < -0.39 is 0 Å². The highest BCUT2D eigenvalue weighted by atomic mass is 16.1. The van der Waals surface area contributed by atoms with Crippen molar-refractivity contribution in [2.45, 2.75) is 27.2 Å². The van der Waals surface area contributed by atoms with E-state index in [1.807, 2.05) is 58.3 Å². The van der Waals surface area contributed by atoms with Gasteiger partial charge in [0, 0.05) is 31.6 Å². The van der Waals surface area contributed by atoms with Crippen molar-refractivity contribution >= 4 is 23.0 Å². The summed E-state index contributed by atoms with van der Waals surface area (Å²) < 4.78 is 0. The normalized spacial score (nSPS) is 12.5. The third-order valence-electron chi connectivity index (χ3n) is 4.59. The minimum absolute atomic E-state index is 0.161. The lowest BCUT2D eigenvalue weighted by atomic mass is 9.98. The number of hydrogen-bond acceptors (Lipinski definition) is 3. The summed E-state index contributed by atoms with van der Waals surface area (Å²) in [6.07, 6.45) is 6.59. The maximum Gasteiger partial charge on any atom is 0.248 e. The standard InChI is InChI=1S/C26H33N3O/c1-19(2)27-24-9-7-8-10-25(24)28-26(30)16-11-20(3)17-21(4)18-22-12-14-23(15-13-22)29(5)6/h7-17,21,27H,1,18H2,2-6H3,(H,28,30)/b16-11+,20-17+. The van der Waals surface area contributed by atoms with Crippen LogP contribution in [0.3, 0.4) is 0 Å². The fraction of sp³-hybridized carbons (Fsp3) is 0.269. The second kappa shape index (κ2) is 11.1. The molecule has 2 aromatic carbocycles. The number of nitrogens with zero attached hydrogens (tertiary/aromatic N) is 1. The van der Waals surface area contributed by atoms with E-state index in [4.69, 9.17) is 0 Å².